The van der Waals surface area contributed by atoms with Crippen molar-refractivity contribution in [3.63, 3.8) is 0 Å². The number of urea groups is 1. The van der Waals surface area contributed by atoms with Crippen LogP contribution in [0.3, 0.4) is 0 Å². The number of H-pyrrole nitrogens is 1. The Hall–Kier alpha value is -2.82. The highest BCUT2D eigenvalue weighted by atomic mass is 16.2. The molecule has 2 aromatic carbocycles. The number of para-hydroxylation sites is 2. The van der Waals surface area contributed by atoms with Crippen molar-refractivity contribution in [1.82, 2.24) is 14.9 Å². The normalized spacial score (nSPS) is 10.6. The van der Waals surface area contributed by atoms with Crippen LogP contribution in [0.2, 0.25) is 0 Å². The van der Waals surface area contributed by atoms with Crippen LogP contribution in [-0.2, 0) is 6.54 Å². The van der Waals surface area contributed by atoms with Crippen LogP contribution in [0.25, 0.3) is 11.0 Å². The summed E-state index contributed by atoms with van der Waals surface area (Å²) in [6.45, 7) is 2.42. The lowest BCUT2D eigenvalue weighted by Gasteiger charge is -2.16. The van der Waals surface area contributed by atoms with Gasteiger partial charge >= 0.3 is 6.03 Å². The molecule has 3 aromatic rings. The van der Waals surface area contributed by atoms with Gasteiger partial charge in [-0.1, -0.05) is 24.3 Å². The maximum absolute atomic E-state index is 12.2. The number of hydrogen-bond donors (Lipinski definition) is 2. The van der Waals surface area contributed by atoms with E-state index in [1.165, 1.54) is 0 Å². The van der Waals surface area contributed by atoms with E-state index < -0.39 is 0 Å². The molecule has 1 heterocycles. The predicted octanol–water partition coefficient (Wildman–Crippen LogP) is 3.54. The van der Waals surface area contributed by atoms with E-state index in [0.717, 1.165) is 28.1 Å². The Morgan fingerprint density at radius 3 is 2.82 bits per heavy atom. The van der Waals surface area contributed by atoms with Crippen molar-refractivity contribution in [2.75, 3.05) is 12.4 Å². The molecule has 0 radical (unpaired) electrons. The van der Waals surface area contributed by atoms with Crippen molar-refractivity contribution < 1.29 is 4.79 Å². The molecule has 1 aromatic heterocycles. The van der Waals surface area contributed by atoms with Gasteiger partial charge in [-0.25, -0.2) is 9.78 Å². The van der Waals surface area contributed by atoms with Crippen molar-refractivity contribution in [2.45, 2.75) is 13.5 Å². The van der Waals surface area contributed by atoms with Gasteiger partial charge in [-0.2, -0.15) is 0 Å². The van der Waals surface area contributed by atoms with E-state index >= 15 is 0 Å². The minimum Gasteiger partial charge on any atom is -0.340 e. The summed E-state index contributed by atoms with van der Waals surface area (Å²) in [6, 6.07) is 15.4. The van der Waals surface area contributed by atoms with Crippen LogP contribution in [-0.4, -0.2) is 27.9 Å². The molecule has 0 saturated carbocycles. The smallest absolute Gasteiger partial charge is 0.321 e. The number of nitrogens with zero attached hydrogens (tertiary/aromatic N) is 2. The number of anilines is 1. The first-order valence-electron chi connectivity index (χ1n) is 7.14. The van der Waals surface area contributed by atoms with Crippen LogP contribution in [0.1, 0.15) is 11.4 Å². The molecule has 0 aliphatic rings. The van der Waals surface area contributed by atoms with Gasteiger partial charge in [0.1, 0.15) is 5.82 Å². The van der Waals surface area contributed by atoms with Crippen LogP contribution in [0, 0.1) is 6.92 Å². The number of amides is 2. The van der Waals surface area contributed by atoms with Gasteiger partial charge in [-0.3, -0.25) is 0 Å². The summed E-state index contributed by atoms with van der Waals surface area (Å²) in [5, 5.41) is 2.88. The molecule has 0 saturated heterocycles. The number of hydrogen-bond acceptors (Lipinski definition) is 2. The van der Waals surface area contributed by atoms with Crippen molar-refractivity contribution in [3.05, 3.63) is 59.9 Å². The molecule has 22 heavy (non-hydrogen) atoms. The molecule has 5 nitrogen and oxygen atoms in total. The van der Waals surface area contributed by atoms with Crippen LogP contribution in [0.15, 0.2) is 48.5 Å². The van der Waals surface area contributed by atoms with Crippen molar-refractivity contribution >= 4 is 22.8 Å². The quantitative estimate of drug-likeness (QED) is 0.776. The molecule has 3 rings (SSSR count). The van der Waals surface area contributed by atoms with E-state index in [2.05, 4.69) is 15.3 Å². The summed E-state index contributed by atoms with van der Waals surface area (Å²) in [6.07, 6.45) is 0. The molecule has 0 aliphatic heterocycles. The summed E-state index contributed by atoms with van der Waals surface area (Å²) in [5.41, 5.74) is 3.79. The lowest BCUT2D eigenvalue weighted by molar-refractivity contribution is 0.219. The highest BCUT2D eigenvalue weighted by Gasteiger charge is 2.11. The first-order chi connectivity index (χ1) is 10.6. The number of aromatic nitrogens is 2. The molecule has 2 amide bonds. The van der Waals surface area contributed by atoms with Crippen LogP contribution < -0.4 is 5.32 Å². The Morgan fingerprint density at radius 1 is 1.23 bits per heavy atom. The number of aryl methyl sites for hydroxylation is 1. The van der Waals surface area contributed by atoms with E-state index in [0.29, 0.717) is 6.54 Å². The monoisotopic (exact) mass is 294 g/mol. The van der Waals surface area contributed by atoms with Gasteiger partial charge in [0.15, 0.2) is 0 Å². The number of carbonyl (C=O) groups is 1. The number of carbonyl (C=O) groups excluding carboxylic acids is 1. The Kier molecular flexibility index (Phi) is 3.78. The Bertz CT molecular complexity index is 776. The lowest BCUT2D eigenvalue weighted by Crippen LogP contribution is -2.31. The molecule has 0 aliphatic carbocycles. The van der Waals surface area contributed by atoms with E-state index in [1.807, 2.05) is 55.5 Å². The lowest BCUT2D eigenvalue weighted by atomic mass is 10.2. The van der Waals surface area contributed by atoms with Gasteiger partial charge < -0.3 is 15.2 Å². The summed E-state index contributed by atoms with van der Waals surface area (Å²) >= 11 is 0. The molecule has 0 unspecified atom stereocenters. The molecular weight excluding hydrogens is 276 g/mol. The third kappa shape index (κ3) is 3.09. The molecular formula is C17H18N4O. The van der Waals surface area contributed by atoms with Crippen molar-refractivity contribution in [2.24, 2.45) is 0 Å². The largest absolute Gasteiger partial charge is 0.340 e. The molecule has 0 atom stereocenters. The van der Waals surface area contributed by atoms with Gasteiger partial charge in [0, 0.05) is 12.7 Å². The number of rotatable bonds is 3. The molecule has 112 valence electrons. The second-order valence-corrected chi connectivity index (χ2v) is 5.36. The topological polar surface area (TPSA) is 61.0 Å². The first kappa shape index (κ1) is 14.1. The van der Waals surface area contributed by atoms with Gasteiger partial charge in [0.25, 0.3) is 0 Å². The van der Waals surface area contributed by atoms with Gasteiger partial charge in [-0.05, 0) is 36.8 Å². The summed E-state index contributed by atoms with van der Waals surface area (Å²) < 4.78 is 0. The third-order valence-electron chi connectivity index (χ3n) is 3.44. The molecule has 0 bridgehead atoms. The van der Waals surface area contributed by atoms with Crippen LogP contribution >= 0.6 is 0 Å². The molecule has 0 spiro atoms. The zero-order valence-electron chi connectivity index (χ0n) is 12.6. The number of fused-ring (bicyclic) bond motifs is 1. The van der Waals surface area contributed by atoms with E-state index in [4.69, 9.17) is 0 Å². The summed E-state index contributed by atoms with van der Waals surface area (Å²) in [4.78, 5) is 21.5. The van der Waals surface area contributed by atoms with Gasteiger partial charge in [0.05, 0.1) is 17.6 Å². The fourth-order valence-electron chi connectivity index (χ4n) is 2.32. The number of aromatic amines is 1. The minimum atomic E-state index is -0.161. The number of imidazole rings is 1. The highest BCUT2D eigenvalue weighted by Crippen LogP contribution is 2.13. The minimum absolute atomic E-state index is 0.161. The van der Waals surface area contributed by atoms with E-state index in [-0.39, 0.29) is 6.03 Å². The van der Waals surface area contributed by atoms with Crippen molar-refractivity contribution in [3.8, 4) is 0 Å². The maximum atomic E-state index is 12.2. The molecule has 2 N–H and O–H groups in total. The second-order valence-electron chi connectivity index (χ2n) is 5.36. The van der Waals surface area contributed by atoms with Crippen molar-refractivity contribution in [1.29, 1.82) is 0 Å². The zero-order valence-corrected chi connectivity index (χ0v) is 12.6. The Morgan fingerprint density at radius 2 is 2.05 bits per heavy atom. The summed E-state index contributed by atoms with van der Waals surface area (Å²) in [7, 11) is 1.75. The average molecular weight is 294 g/mol. The van der Waals surface area contributed by atoms with Gasteiger partial charge in [0.2, 0.25) is 0 Å². The fourth-order valence-corrected chi connectivity index (χ4v) is 2.32. The van der Waals surface area contributed by atoms with E-state index in [9.17, 15) is 4.79 Å². The molecule has 0 fully saturated rings. The Balaban J connectivity index is 1.68. The van der Waals surface area contributed by atoms with Crippen LogP contribution in [0.4, 0.5) is 10.5 Å². The number of benzene rings is 2. The zero-order chi connectivity index (χ0) is 15.5. The fraction of sp³-hybridized carbons (Fsp3) is 0.176. The highest BCUT2D eigenvalue weighted by molar-refractivity contribution is 5.89. The SMILES string of the molecule is Cc1cccc(NC(=O)N(C)Cc2nc3ccccc3[nH]2)c1. The van der Waals surface area contributed by atoms with E-state index in [1.54, 1.807) is 11.9 Å². The maximum Gasteiger partial charge on any atom is 0.321 e. The standard InChI is InChI=1S/C17H18N4O/c1-12-6-5-7-13(10-12)18-17(22)21(2)11-16-19-14-8-3-4-9-15(14)20-16/h3-10H,11H2,1-2H3,(H,18,22)(H,19,20). The predicted molar refractivity (Wildman–Crippen MR) is 87.8 cm³/mol. The third-order valence-corrected chi connectivity index (χ3v) is 3.44. The molecule has 5 heteroatoms. The van der Waals surface area contributed by atoms with Crippen LogP contribution in [0.5, 0.6) is 0 Å². The van der Waals surface area contributed by atoms with Gasteiger partial charge in [-0.15, -0.1) is 0 Å². The average Bonchev–Trinajstić information content (AvgIpc) is 2.89. The summed E-state index contributed by atoms with van der Waals surface area (Å²) in [5.74, 6) is 0.767. The Labute approximate surface area is 129 Å². The number of nitrogens with one attached hydrogen (secondary N) is 2. The second kappa shape index (κ2) is 5.89. The first-order valence-corrected chi connectivity index (χ1v) is 7.14.